The molecule has 2 rings (SSSR count). The fourth-order valence-corrected chi connectivity index (χ4v) is 1.88. The lowest BCUT2D eigenvalue weighted by Crippen LogP contribution is -2.39. The maximum Gasteiger partial charge on any atom is 0.285 e. The van der Waals surface area contributed by atoms with E-state index in [1.165, 1.54) is 22.9 Å². The summed E-state index contributed by atoms with van der Waals surface area (Å²) in [7, 11) is 0. The predicted molar refractivity (Wildman–Crippen MR) is 64.6 cm³/mol. The minimum Gasteiger partial charge on any atom is -0.379 e. The lowest BCUT2D eigenvalue weighted by atomic mass is 10.4. The maximum absolute atomic E-state index is 11.6. The number of hydrogen-bond acceptors (Lipinski definition) is 5. The normalized spacial score (nSPS) is 16.7. The van der Waals surface area contributed by atoms with Gasteiger partial charge in [-0.05, 0) is 0 Å². The fraction of sp³-hybridized carbons (Fsp3) is 0.545. The molecule has 1 aliphatic heterocycles. The molecule has 7 nitrogen and oxygen atoms in total. The molecule has 2 heterocycles. The highest BCUT2D eigenvalue weighted by molar-refractivity contribution is 5.24. The van der Waals surface area contributed by atoms with Crippen LogP contribution in [-0.2, 0) is 11.3 Å². The van der Waals surface area contributed by atoms with Crippen molar-refractivity contribution >= 4 is 5.69 Å². The van der Waals surface area contributed by atoms with Gasteiger partial charge < -0.3 is 9.30 Å². The van der Waals surface area contributed by atoms with E-state index in [0.717, 1.165) is 13.1 Å². The van der Waals surface area contributed by atoms with Gasteiger partial charge >= 0.3 is 0 Å². The summed E-state index contributed by atoms with van der Waals surface area (Å²) in [5.74, 6) is 0. The first-order valence-corrected chi connectivity index (χ1v) is 5.82. The van der Waals surface area contributed by atoms with Gasteiger partial charge in [-0.2, -0.15) is 0 Å². The molecule has 98 valence electrons. The van der Waals surface area contributed by atoms with Crippen LogP contribution in [0.5, 0.6) is 0 Å². The summed E-state index contributed by atoms with van der Waals surface area (Å²) < 4.78 is 6.61. The SMILES string of the molecule is O=c1ccc([N+](=O)[O-])cn1CCN1CCOCC1. The summed E-state index contributed by atoms with van der Waals surface area (Å²) in [6.45, 7) is 4.23. The summed E-state index contributed by atoms with van der Waals surface area (Å²) in [6, 6.07) is 2.46. The van der Waals surface area contributed by atoms with Crippen molar-refractivity contribution in [2.24, 2.45) is 0 Å². The number of nitro groups is 1. The van der Waals surface area contributed by atoms with Crippen molar-refractivity contribution in [3.8, 4) is 0 Å². The van der Waals surface area contributed by atoms with Gasteiger partial charge in [0, 0.05) is 38.3 Å². The molecule has 1 aromatic heterocycles. The van der Waals surface area contributed by atoms with Crippen molar-refractivity contribution in [2.45, 2.75) is 6.54 Å². The molecular formula is C11H15N3O4. The van der Waals surface area contributed by atoms with Crippen molar-refractivity contribution in [2.75, 3.05) is 32.8 Å². The van der Waals surface area contributed by atoms with Crippen LogP contribution in [0.4, 0.5) is 5.69 Å². The minimum absolute atomic E-state index is 0.0587. The van der Waals surface area contributed by atoms with Gasteiger partial charge in [-0.1, -0.05) is 0 Å². The van der Waals surface area contributed by atoms with Crippen LogP contribution in [0.25, 0.3) is 0 Å². The van der Waals surface area contributed by atoms with Gasteiger partial charge in [0.1, 0.15) is 0 Å². The molecule has 0 N–H and O–H groups in total. The molecule has 1 fully saturated rings. The van der Waals surface area contributed by atoms with Crippen molar-refractivity contribution in [3.63, 3.8) is 0 Å². The number of morpholine rings is 1. The van der Waals surface area contributed by atoms with Crippen molar-refractivity contribution in [1.82, 2.24) is 9.47 Å². The molecular weight excluding hydrogens is 238 g/mol. The van der Waals surface area contributed by atoms with E-state index < -0.39 is 4.92 Å². The van der Waals surface area contributed by atoms with E-state index in [0.29, 0.717) is 26.3 Å². The third-order valence-corrected chi connectivity index (χ3v) is 2.94. The molecule has 0 amide bonds. The second kappa shape index (κ2) is 5.74. The molecule has 0 saturated carbocycles. The maximum atomic E-state index is 11.6. The Kier molecular flexibility index (Phi) is 4.06. The molecule has 0 atom stereocenters. The van der Waals surface area contributed by atoms with Crippen LogP contribution in [0.1, 0.15) is 0 Å². The molecule has 0 spiro atoms. The Morgan fingerprint density at radius 2 is 2.00 bits per heavy atom. The van der Waals surface area contributed by atoms with Crippen molar-refractivity contribution in [1.29, 1.82) is 0 Å². The average molecular weight is 253 g/mol. The lowest BCUT2D eigenvalue weighted by molar-refractivity contribution is -0.385. The summed E-state index contributed by atoms with van der Waals surface area (Å²) >= 11 is 0. The van der Waals surface area contributed by atoms with E-state index in [-0.39, 0.29) is 11.2 Å². The van der Waals surface area contributed by atoms with Crippen LogP contribution in [-0.4, -0.2) is 47.2 Å². The zero-order chi connectivity index (χ0) is 13.0. The first-order valence-electron chi connectivity index (χ1n) is 5.82. The van der Waals surface area contributed by atoms with Gasteiger partial charge in [0.15, 0.2) is 0 Å². The number of aromatic nitrogens is 1. The zero-order valence-corrected chi connectivity index (χ0v) is 9.95. The second-order valence-corrected chi connectivity index (χ2v) is 4.13. The van der Waals surface area contributed by atoms with E-state index in [1.54, 1.807) is 0 Å². The second-order valence-electron chi connectivity index (χ2n) is 4.13. The molecule has 0 aliphatic carbocycles. The summed E-state index contributed by atoms with van der Waals surface area (Å²) in [5.41, 5.74) is -0.273. The van der Waals surface area contributed by atoms with Gasteiger partial charge in [-0.25, -0.2) is 0 Å². The predicted octanol–water partition coefficient (Wildman–Crippen LogP) is 0.0887. The van der Waals surface area contributed by atoms with Crippen molar-refractivity contribution < 1.29 is 9.66 Å². The van der Waals surface area contributed by atoms with Gasteiger partial charge in [0.05, 0.1) is 24.3 Å². The third kappa shape index (κ3) is 3.14. The monoisotopic (exact) mass is 253 g/mol. The van der Waals surface area contributed by atoms with Gasteiger partial charge in [-0.15, -0.1) is 0 Å². The zero-order valence-electron chi connectivity index (χ0n) is 9.95. The average Bonchev–Trinajstić information content (AvgIpc) is 2.38. The molecule has 0 unspecified atom stereocenters. The first kappa shape index (κ1) is 12.7. The van der Waals surface area contributed by atoms with Gasteiger partial charge in [0.25, 0.3) is 11.2 Å². The number of rotatable bonds is 4. The number of nitrogens with zero attached hydrogens (tertiary/aromatic N) is 3. The van der Waals surface area contributed by atoms with Gasteiger partial charge in [-0.3, -0.25) is 19.8 Å². The molecule has 1 aromatic rings. The summed E-state index contributed by atoms with van der Waals surface area (Å²) in [4.78, 5) is 23.9. The van der Waals surface area contributed by atoms with E-state index in [2.05, 4.69) is 4.90 Å². The highest BCUT2D eigenvalue weighted by Gasteiger charge is 2.12. The van der Waals surface area contributed by atoms with Gasteiger partial charge in [0.2, 0.25) is 0 Å². The smallest absolute Gasteiger partial charge is 0.285 e. The van der Waals surface area contributed by atoms with E-state index >= 15 is 0 Å². The summed E-state index contributed by atoms with van der Waals surface area (Å²) in [5, 5.41) is 10.6. The highest BCUT2D eigenvalue weighted by atomic mass is 16.6. The van der Waals surface area contributed by atoms with Crippen LogP contribution in [0.15, 0.2) is 23.1 Å². The topological polar surface area (TPSA) is 77.6 Å². The Balaban J connectivity index is 2.01. The molecule has 18 heavy (non-hydrogen) atoms. The molecule has 0 aromatic carbocycles. The minimum atomic E-state index is -0.495. The Morgan fingerprint density at radius 1 is 1.28 bits per heavy atom. The van der Waals surface area contributed by atoms with Crippen LogP contribution in [0.3, 0.4) is 0 Å². The van der Waals surface area contributed by atoms with Crippen LogP contribution >= 0.6 is 0 Å². The number of ether oxygens (including phenoxy) is 1. The molecule has 7 heteroatoms. The van der Waals surface area contributed by atoms with E-state index in [4.69, 9.17) is 4.74 Å². The highest BCUT2D eigenvalue weighted by Crippen LogP contribution is 2.06. The lowest BCUT2D eigenvalue weighted by Gasteiger charge is -2.26. The van der Waals surface area contributed by atoms with E-state index in [1.807, 2.05) is 0 Å². The number of hydrogen-bond donors (Lipinski definition) is 0. The standard InChI is InChI=1S/C11H15N3O4/c15-11-2-1-10(14(16)17)9-13(11)4-3-12-5-7-18-8-6-12/h1-2,9H,3-8H2. The molecule has 0 bridgehead atoms. The number of pyridine rings is 1. The Morgan fingerprint density at radius 3 is 2.67 bits per heavy atom. The first-order chi connectivity index (χ1) is 8.66. The molecule has 1 aliphatic rings. The molecule has 1 saturated heterocycles. The Hall–Kier alpha value is -1.73. The van der Waals surface area contributed by atoms with Crippen molar-refractivity contribution in [3.05, 3.63) is 38.8 Å². The quantitative estimate of drug-likeness (QED) is 0.561. The molecule has 0 radical (unpaired) electrons. The summed E-state index contributed by atoms with van der Waals surface area (Å²) in [6.07, 6.45) is 1.29. The Bertz CT molecular complexity index is 479. The van der Waals surface area contributed by atoms with E-state index in [9.17, 15) is 14.9 Å². The fourth-order valence-electron chi connectivity index (χ4n) is 1.88. The van der Waals surface area contributed by atoms with Crippen LogP contribution in [0.2, 0.25) is 0 Å². The van der Waals surface area contributed by atoms with Crippen LogP contribution in [0, 0.1) is 10.1 Å². The largest absolute Gasteiger partial charge is 0.379 e. The Labute approximate surface area is 104 Å². The third-order valence-electron chi connectivity index (χ3n) is 2.94. The van der Waals surface area contributed by atoms with Crippen LogP contribution < -0.4 is 5.56 Å².